The summed E-state index contributed by atoms with van der Waals surface area (Å²) in [5, 5.41) is 8.89. The Kier molecular flexibility index (Phi) is 3.41. The van der Waals surface area contributed by atoms with Gasteiger partial charge in [-0.25, -0.2) is 4.98 Å². The minimum absolute atomic E-state index is 0.433. The number of ether oxygens (including phenoxy) is 1. The number of aryl methyl sites for hydroxylation is 1. The zero-order valence-electron chi connectivity index (χ0n) is 11.1. The fourth-order valence-corrected chi connectivity index (χ4v) is 2.94. The Morgan fingerprint density at radius 1 is 1.42 bits per heavy atom. The summed E-state index contributed by atoms with van der Waals surface area (Å²) in [5.41, 5.74) is 0.771. The van der Waals surface area contributed by atoms with Crippen LogP contribution in [0.5, 0.6) is 0 Å². The summed E-state index contributed by atoms with van der Waals surface area (Å²) < 4.78 is 7.57. The summed E-state index contributed by atoms with van der Waals surface area (Å²) in [6.07, 6.45) is 3.59. The molecule has 1 aliphatic rings. The average molecular weight is 281 g/mol. The molecule has 19 heavy (non-hydrogen) atoms. The summed E-state index contributed by atoms with van der Waals surface area (Å²) in [6, 6.07) is 1.74. The predicted octanol–water partition coefficient (Wildman–Crippen LogP) is 2.44. The highest BCUT2D eigenvalue weighted by molar-refractivity contribution is 6.29. The first-order valence-corrected chi connectivity index (χ1v) is 7.04. The molecule has 1 saturated carbocycles. The highest BCUT2D eigenvalue weighted by atomic mass is 35.5. The van der Waals surface area contributed by atoms with E-state index in [4.69, 9.17) is 16.3 Å². The van der Waals surface area contributed by atoms with Crippen molar-refractivity contribution in [1.82, 2.24) is 19.6 Å². The van der Waals surface area contributed by atoms with Crippen molar-refractivity contribution >= 4 is 17.2 Å². The van der Waals surface area contributed by atoms with Gasteiger partial charge >= 0.3 is 0 Å². The Bertz CT molecular complexity index is 592. The molecule has 0 amide bonds. The molecule has 0 N–H and O–H groups in total. The predicted molar refractivity (Wildman–Crippen MR) is 72.4 cm³/mol. The molecule has 1 aliphatic carbocycles. The molecule has 3 rings (SSSR count). The van der Waals surface area contributed by atoms with E-state index in [2.05, 4.69) is 15.2 Å². The van der Waals surface area contributed by atoms with E-state index in [1.54, 1.807) is 6.07 Å². The lowest BCUT2D eigenvalue weighted by atomic mass is 9.80. The van der Waals surface area contributed by atoms with Crippen molar-refractivity contribution in [3.63, 3.8) is 0 Å². The van der Waals surface area contributed by atoms with Crippen LogP contribution in [-0.4, -0.2) is 32.3 Å². The second-order valence-corrected chi connectivity index (χ2v) is 5.44. The van der Waals surface area contributed by atoms with Crippen LogP contribution in [0.2, 0.25) is 5.15 Å². The zero-order chi connectivity index (χ0) is 13.4. The average Bonchev–Trinajstić information content (AvgIpc) is 2.69. The summed E-state index contributed by atoms with van der Waals surface area (Å²) in [7, 11) is 0. The number of fused-ring (bicyclic) bond motifs is 1. The maximum absolute atomic E-state index is 5.92. The lowest BCUT2D eigenvalue weighted by Crippen LogP contribution is -2.33. The number of halogens is 1. The number of hydrogen-bond acceptors (Lipinski definition) is 4. The Morgan fingerprint density at radius 2 is 2.21 bits per heavy atom. The van der Waals surface area contributed by atoms with Crippen LogP contribution in [0.15, 0.2) is 6.07 Å². The molecule has 2 heterocycles. The largest absolute Gasteiger partial charge is 0.378 e. The molecule has 2 aromatic heterocycles. The second-order valence-electron chi connectivity index (χ2n) is 5.05. The van der Waals surface area contributed by atoms with E-state index >= 15 is 0 Å². The number of rotatable bonds is 4. The third kappa shape index (κ3) is 2.44. The molecule has 6 heteroatoms. The normalized spacial score (nSPS) is 22.7. The van der Waals surface area contributed by atoms with E-state index < -0.39 is 0 Å². The van der Waals surface area contributed by atoms with Crippen LogP contribution >= 0.6 is 11.6 Å². The van der Waals surface area contributed by atoms with Crippen LogP contribution in [0.25, 0.3) is 5.65 Å². The SMILES string of the molecule is CCOC1CC(Cc2nnc3cc(Cl)nc(C)n23)C1. The van der Waals surface area contributed by atoms with Crippen molar-refractivity contribution in [3.8, 4) is 0 Å². The van der Waals surface area contributed by atoms with Gasteiger partial charge in [0, 0.05) is 19.1 Å². The monoisotopic (exact) mass is 280 g/mol. The van der Waals surface area contributed by atoms with Gasteiger partial charge in [0.15, 0.2) is 5.65 Å². The van der Waals surface area contributed by atoms with Crippen LogP contribution in [0.1, 0.15) is 31.4 Å². The van der Waals surface area contributed by atoms with Gasteiger partial charge in [0.2, 0.25) is 0 Å². The Morgan fingerprint density at radius 3 is 2.95 bits per heavy atom. The van der Waals surface area contributed by atoms with Gasteiger partial charge in [-0.05, 0) is 32.6 Å². The molecule has 0 aliphatic heterocycles. The van der Waals surface area contributed by atoms with Crippen molar-refractivity contribution in [3.05, 3.63) is 22.9 Å². The first-order valence-electron chi connectivity index (χ1n) is 6.66. The Labute approximate surface area is 117 Å². The minimum Gasteiger partial charge on any atom is -0.378 e. The van der Waals surface area contributed by atoms with Gasteiger partial charge in [-0.2, -0.15) is 0 Å². The fourth-order valence-electron chi connectivity index (χ4n) is 2.72. The van der Waals surface area contributed by atoms with Crippen LogP contribution in [-0.2, 0) is 11.2 Å². The summed E-state index contributed by atoms with van der Waals surface area (Å²) >= 11 is 5.92. The molecule has 2 aromatic rings. The van der Waals surface area contributed by atoms with Crippen LogP contribution in [0.3, 0.4) is 0 Å². The van der Waals surface area contributed by atoms with Crippen LogP contribution < -0.4 is 0 Å². The molecule has 0 bridgehead atoms. The molecule has 0 radical (unpaired) electrons. The first kappa shape index (κ1) is 12.8. The Hall–Kier alpha value is -1.20. The third-order valence-corrected chi connectivity index (χ3v) is 3.86. The van der Waals surface area contributed by atoms with Gasteiger partial charge in [-0.1, -0.05) is 11.6 Å². The smallest absolute Gasteiger partial charge is 0.165 e. The summed E-state index contributed by atoms with van der Waals surface area (Å²) in [4.78, 5) is 4.25. The van der Waals surface area contributed by atoms with Crippen LogP contribution in [0.4, 0.5) is 0 Å². The fraction of sp³-hybridized carbons (Fsp3) is 0.615. The maximum Gasteiger partial charge on any atom is 0.165 e. The van der Waals surface area contributed by atoms with Gasteiger partial charge in [0.1, 0.15) is 16.8 Å². The van der Waals surface area contributed by atoms with Gasteiger partial charge in [0.05, 0.1) is 6.10 Å². The number of aromatic nitrogens is 4. The molecule has 0 aromatic carbocycles. The Balaban J connectivity index is 1.76. The molecular formula is C13H17ClN4O. The molecule has 0 unspecified atom stereocenters. The molecule has 0 atom stereocenters. The van der Waals surface area contributed by atoms with E-state index in [1.807, 2.05) is 18.2 Å². The van der Waals surface area contributed by atoms with Gasteiger partial charge in [-0.3, -0.25) is 4.40 Å². The molecule has 1 fully saturated rings. The number of nitrogens with zero attached hydrogens (tertiary/aromatic N) is 4. The second kappa shape index (κ2) is 5.06. The van der Waals surface area contributed by atoms with Gasteiger partial charge in [-0.15, -0.1) is 10.2 Å². The molecule has 0 saturated heterocycles. The highest BCUT2D eigenvalue weighted by Gasteiger charge is 2.30. The zero-order valence-corrected chi connectivity index (χ0v) is 11.9. The maximum atomic E-state index is 5.92. The summed E-state index contributed by atoms with van der Waals surface area (Å²) in [6.45, 7) is 4.76. The standard InChI is InChI=1S/C13H17ClN4O/c1-3-19-10-4-9(5-10)6-12-16-17-13-7-11(14)15-8(2)18(12)13/h7,9-10H,3-6H2,1-2H3. The van der Waals surface area contributed by atoms with Crippen molar-refractivity contribution in [2.45, 2.75) is 39.2 Å². The third-order valence-electron chi connectivity index (χ3n) is 3.66. The van der Waals surface area contributed by atoms with Crippen molar-refractivity contribution in [1.29, 1.82) is 0 Å². The minimum atomic E-state index is 0.433. The van der Waals surface area contributed by atoms with Gasteiger partial charge < -0.3 is 4.74 Å². The van der Waals surface area contributed by atoms with Crippen molar-refractivity contribution in [2.24, 2.45) is 5.92 Å². The number of hydrogen-bond donors (Lipinski definition) is 0. The van der Waals surface area contributed by atoms with E-state index in [-0.39, 0.29) is 0 Å². The lowest BCUT2D eigenvalue weighted by molar-refractivity contribution is -0.0246. The van der Waals surface area contributed by atoms with E-state index in [1.165, 1.54) is 0 Å². The van der Waals surface area contributed by atoms with E-state index in [0.717, 1.165) is 43.2 Å². The molecule has 0 spiro atoms. The van der Waals surface area contributed by atoms with Crippen molar-refractivity contribution in [2.75, 3.05) is 6.61 Å². The van der Waals surface area contributed by atoms with Crippen molar-refractivity contribution < 1.29 is 4.74 Å². The topological polar surface area (TPSA) is 52.3 Å². The van der Waals surface area contributed by atoms with Gasteiger partial charge in [0.25, 0.3) is 0 Å². The van der Waals surface area contributed by atoms with E-state index in [9.17, 15) is 0 Å². The van der Waals surface area contributed by atoms with E-state index in [0.29, 0.717) is 17.2 Å². The molecule has 5 nitrogen and oxygen atoms in total. The first-order chi connectivity index (χ1) is 9.17. The quantitative estimate of drug-likeness (QED) is 0.807. The lowest BCUT2D eigenvalue weighted by Gasteiger charge is -2.34. The molecule has 102 valence electrons. The highest BCUT2D eigenvalue weighted by Crippen LogP contribution is 2.32. The molecular weight excluding hydrogens is 264 g/mol. The van der Waals surface area contributed by atoms with Crippen LogP contribution in [0, 0.1) is 12.8 Å². The summed E-state index contributed by atoms with van der Waals surface area (Å²) in [5.74, 6) is 2.44.